The van der Waals surface area contributed by atoms with Crippen molar-refractivity contribution >= 4 is 0 Å². The topological polar surface area (TPSA) is 48.1 Å². The van der Waals surface area contributed by atoms with Gasteiger partial charge < -0.3 is 10.5 Å². The van der Waals surface area contributed by atoms with Crippen LogP contribution in [-0.2, 0) is 12.8 Å². The van der Waals surface area contributed by atoms with Crippen molar-refractivity contribution in [2.75, 3.05) is 6.61 Å². The fraction of sp³-hybridized carbons (Fsp3) is 0.389. The molecule has 0 bridgehead atoms. The summed E-state index contributed by atoms with van der Waals surface area (Å²) in [6.45, 7) is 4.85. The lowest BCUT2D eigenvalue weighted by Gasteiger charge is -2.14. The summed E-state index contributed by atoms with van der Waals surface area (Å²) in [4.78, 5) is 4.40. The number of nitrogens with two attached hydrogens (primary N) is 1. The first-order chi connectivity index (χ1) is 10.1. The standard InChI is InChI=1S/C18H22N2O/c1-12-9-16(10-13(2)20-12)17(19)5-3-14-4-6-18-15(11-14)7-8-21-18/h4,6,9-11,17H,3,5,7-8,19H2,1-2H3. The second-order valence-electron chi connectivity index (χ2n) is 5.87. The van der Waals surface area contributed by atoms with Crippen LogP contribution < -0.4 is 10.5 Å². The molecule has 2 aromatic rings. The maximum Gasteiger partial charge on any atom is 0.122 e. The molecule has 1 aromatic heterocycles. The van der Waals surface area contributed by atoms with E-state index in [0.29, 0.717) is 0 Å². The molecule has 0 saturated heterocycles. The number of rotatable bonds is 4. The number of aromatic nitrogens is 1. The van der Waals surface area contributed by atoms with Gasteiger partial charge in [-0.05, 0) is 61.6 Å². The second kappa shape index (κ2) is 5.86. The first-order valence-corrected chi connectivity index (χ1v) is 7.57. The maximum atomic E-state index is 6.34. The first kappa shape index (κ1) is 14.1. The number of pyridine rings is 1. The highest BCUT2D eigenvalue weighted by molar-refractivity contribution is 5.40. The summed E-state index contributed by atoms with van der Waals surface area (Å²) in [5.74, 6) is 1.04. The summed E-state index contributed by atoms with van der Waals surface area (Å²) in [7, 11) is 0. The molecule has 1 aliphatic heterocycles. The highest BCUT2D eigenvalue weighted by atomic mass is 16.5. The van der Waals surface area contributed by atoms with Gasteiger partial charge in [-0.15, -0.1) is 0 Å². The number of nitrogens with zero attached hydrogens (tertiary/aromatic N) is 1. The zero-order valence-electron chi connectivity index (χ0n) is 12.7. The minimum absolute atomic E-state index is 0.0647. The molecule has 0 amide bonds. The summed E-state index contributed by atoms with van der Waals surface area (Å²) in [6.07, 6.45) is 2.97. The summed E-state index contributed by atoms with van der Waals surface area (Å²) in [6, 6.07) is 10.7. The van der Waals surface area contributed by atoms with Gasteiger partial charge in [0.05, 0.1) is 6.61 Å². The first-order valence-electron chi connectivity index (χ1n) is 7.57. The molecular weight excluding hydrogens is 260 g/mol. The highest BCUT2D eigenvalue weighted by Gasteiger charge is 2.13. The van der Waals surface area contributed by atoms with Gasteiger partial charge in [-0.1, -0.05) is 12.1 Å². The molecule has 0 saturated carbocycles. The van der Waals surface area contributed by atoms with Gasteiger partial charge in [-0.2, -0.15) is 0 Å². The van der Waals surface area contributed by atoms with Gasteiger partial charge in [-0.25, -0.2) is 0 Å². The third kappa shape index (κ3) is 3.24. The minimum Gasteiger partial charge on any atom is -0.493 e. The van der Waals surface area contributed by atoms with Crippen molar-refractivity contribution in [3.05, 3.63) is 58.4 Å². The van der Waals surface area contributed by atoms with Crippen LogP contribution in [0.15, 0.2) is 30.3 Å². The molecule has 1 atom stereocenters. The summed E-state index contributed by atoms with van der Waals surface area (Å²) >= 11 is 0. The van der Waals surface area contributed by atoms with Crippen LogP contribution in [0.2, 0.25) is 0 Å². The molecule has 3 heteroatoms. The second-order valence-corrected chi connectivity index (χ2v) is 5.87. The Kier molecular flexibility index (Phi) is 3.93. The van der Waals surface area contributed by atoms with Gasteiger partial charge in [-0.3, -0.25) is 4.98 Å². The van der Waals surface area contributed by atoms with Crippen LogP contribution in [0.4, 0.5) is 0 Å². The molecule has 2 N–H and O–H groups in total. The van der Waals surface area contributed by atoms with Crippen LogP contribution in [-0.4, -0.2) is 11.6 Å². The zero-order chi connectivity index (χ0) is 14.8. The molecule has 1 unspecified atom stereocenters. The lowest BCUT2D eigenvalue weighted by Crippen LogP contribution is -2.12. The van der Waals surface area contributed by atoms with Gasteiger partial charge in [0.2, 0.25) is 0 Å². The fourth-order valence-corrected chi connectivity index (χ4v) is 2.97. The van der Waals surface area contributed by atoms with E-state index in [0.717, 1.165) is 43.0 Å². The monoisotopic (exact) mass is 282 g/mol. The third-order valence-electron chi connectivity index (χ3n) is 4.03. The van der Waals surface area contributed by atoms with E-state index in [4.69, 9.17) is 10.5 Å². The number of hydrogen-bond donors (Lipinski definition) is 1. The van der Waals surface area contributed by atoms with E-state index in [1.54, 1.807) is 0 Å². The smallest absolute Gasteiger partial charge is 0.122 e. The summed E-state index contributed by atoms with van der Waals surface area (Å²) < 4.78 is 5.54. The SMILES string of the molecule is Cc1cc(C(N)CCc2ccc3c(c2)CCO3)cc(C)n1. The zero-order valence-corrected chi connectivity index (χ0v) is 12.7. The van der Waals surface area contributed by atoms with Crippen LogP contribution in [0.1, 0.15) is 40.5 Å². The van der Waals surface area contributed by atoms with Gasteiger partial charge in [0.15, 0.2) is 0 Å². The Morgan fingerprint density at radius 2 is 1.95 bits per heavy atom. The van der Waals surface area contributed by atoms with Crippen LogP contribution in [0, 0.1) is 13.8 Å². The van der Waals surface area contributed by atoms with Crippen molar-refractivity contribution in [2.24, 2.45) is 5.73 Å². The molecule has 3 rings (SSSR count). The molecule has 21 heavy (non-hydrogen) atoms. The molecule has 0 aliphatic carbocycles. The van der Waals surface area contributed by atoms with E-state index >= 15 is 0 Å². The van der Waals surface area contributed by atoms with Gasteiger partial charge in [0.25, 0.3) is 0 Å². The molecule has 2 heterocycles. The lowest BCUT2D eigenvalue weighted by atomic mass is 9.98. The van der Waals surface area contributed by atoms with Gasteiger partial charge >= 0.3 is 0 Å². The Bertz CT molecular complexity index is 631. The van der Waals surface area contributed by atoms with Crippen molar-refractivity contribution in [3.63, 3.8) is 0 Å². The summed E-state index contributed by atoms with van der Waals surface area (Å²) in [5.41, 5.74) is 12.3. The van der Waals surface area contributed by atoms with Crippen molar-refractivity contribution in [2.45, 2.75) is 39.2 Å². The predicted octanol–water partition coefficient (Wildman–Crippen LogP) is 3.27. The van der Waals surface area contributed by atoms with E-state index in [2.05, 4.69) is 35.3 Å². The Balaban J connectivity index is 1.66. The highest BCUT2D eigenvalue weighted by Crippen LogP contribution is 2.27. The van der Waals surface area contributed by atoms with Crippen molar-refractivity contribution in [1.29, 1.82) is 0 Å². The average molecular weight is 282 g/mol. The number of ether oxygens (including phenoxy) is 1. The number of benzene rings is 1. The van der Waals surface area contributed by atoms with E-state index in [-0.39, 0.29) is 6.04 Å². The minimum atomic E-state index is 0.0647. The van der Waals surface area contributed by atoms with E-state index in [1.165, 1.54) is 16.7 Å². The predicted molar refractivity (Wildman–Crippen MR) is 84.6 cm³/mol. The quantitative estimate of drug-likeness (QED) is 0.936. The molecule has 0 fully saturated rings. The van der Waals surface area contributed by atoms with Crippen LogP contribution in [0.25, 0.3) is 0 Å². The number of hydrogen-bond acceptors (Lipinski definition) is 3. The largest absolute Gasteiger partial charge is 0.493 e. The molecule has 0 radical (unpaired) electrons. The molecule has 1 aliphatic rings. The van der Waals surface area contributed by atoms with E-state index in [1.807, 2.05) is 13.8 Å². The maximum absolute atomic E-state index is 6.34. The number of aryl methyl sites for hydroxylation is 3. The third-order valence-corrected chi connectivity index (χ3v) is 4.03. The Hall–Kier alpha value is -1.87. The molecule has 0 spiro atoms. The molecule has 1 aromatic carbocycles. The van der Waals surface area contributed by atoms with Gasteiger partial charge in [0, 0.05) is 23.9 Å². The van der Waals surface area contributed by atoms with Crippen molar-refractivity contribution < 1.29 is 4.74 Å². The average Bonchev–Trinajstić information content (AvgIpc) is 2.91. The summed E-state index contributed by atoms with van der Waals surface area (Å²) in [5, 5.41) is 0. The fourth-order valence-electron chi connectivity index (χ4n) is 2.97. The van der Waals surface area contributed by atoms with Crippen LogP contribution in [0.5, 0.6) is 5.75 Å². The molecule has 3 nitrogen and oxygen atoms in total. The van der Waals surface area contributed by atoms with Crippen LogP contribution >= 0.6 is 0 Å². The molecular formula is C18H22N2O. The van der Waals surface area contributed by atoms with Crippen LogP contribution in [0.3, 0.4) is 0 Å². The van der Waals surface area contributed by atoms with E-state index in [9.17, 15) is 0 Å². The van der Waals surface area contributed by atoms with Crippen molar-refractivity contribution in [3.8, 4) is 5.75 Å². The van der Waals surface area contributed by atoms with Gasteiger partial charge in [0.1, 0.15) is 5.75 Å². The number of fused-ring (bicyclic) bond motifs is 1. The Labute approximate surface area is 126 Å². The van der Waals surface area contributed by atoms with Crippen molar-refractivity contribution in [1.82, 2.24) is 4.98 Å². The molecule has 110 valence electrons. The normalized spacial score (nSPS) is 14.6. The Morgan fingerprint density at radius 1 is 1.19 bits per heavy atom. The van der Waals surface area contributed by atoms with E-state index < -0.39 is 0 Å². The Morgan fingerprint density at radius 3 is 2.71 bits per heavy atom. The lowest BCUT2D eigenvalue weighted by molar-refractivity contribution is 0.357.